The third kappa shape index (κ3) is 6.22. The van der Waals surface area contributed by atoms with Gasteiger partial charge < -0.3 is 24.3 Å². The Morgan fingerprint density at radius 2 is 1.87 bits per heavy atom. The summed E-state index contributed by atoms with van der Waals surface area (Å²) in [4.78, 5) is 16.8. The number of rotatable bonds is 10. The second-order valence-electron chi connectivity index (χ2n) is 6.11. The van der Waals surface area contributed by atoms with Gasteiger partial charge in [0.15, 0.2) is 22.4 Å². The monoisotopic (exact) mass is 462 g/mol. The first-order chi connectivity index (χ1) is 15.0. The molecule has 0 atom stereocenters. The number of carbonyl (C=O) groups is 1. The molecule has 0 aliphatic rings. The lowest BCUT2D eigenvalue weighted by molar-refractivity contribution is -0.118. The van der Waals surface area contributed by atoms with Crippen molar-refractivity contribution in [3.8, 4) is 23.0 Å². The number of aromatic nitrogens is 3. The molecule has 0 saturated heterocycles. The van der Waals surface area contributed by atoms with Crippen molar-refractivity contribution in [3.05, 3.63) is 41.2 Å². The third-order valence-corrected chi connectivity index (χ3v) is 6.00. The summed E-state index contributed by atoms with van der Waals surface area (Å²) in [5.41, 5.74) is 1.25. The first-order valence-electron chi connectivity index (χ1n) is 9.13. The largest absolute Gasteiger partial charge is 0.497 e. The van der Waals surface area contributed by atoms with Crippen LogP contribution in [0.2, 0.25) is 0 Å². The van der Waals surface area contributed by atoms with E-state index in [1.54, 1.807) is 37.6 Å². The zero-order valence-electron chi connectivity index (χ0n) is 17.5. The molecule has 0 spiro atoms. The van der Waals surface area contributed by atoms with Crippen molar-refractivity contribution in [1.29, 1.82) is 0 Å². The molecule has 0 fully saturated rings. The van der Waals surface area contributed by atoms with Crippen LogP contribution in [0.1, 0.15) is 10.7 Å². The average molecular weight is 463 g/mol. The van der Waals surface area contributed by atoms with Crippen molar-refractivity contribution in [2.24, 2.45) is 0 Å². The summed E-state index contributed by atoms with van der Waals surface area (Å²) in [6, 6.07) is 6.88. The molecule has 9 nitrogen and oxygen atoms in total. The van der Waals surface area contributed by atoms with E-state index >= 15 is 0 Å². The van der Waals surface area contributed by atoms with Crippen LogP contribution in [0.5, 0.6) is 23.0 Å². The number of hydrogen-bond donors (Lipinski definition) is 1. The second-order valence-corrected chi connectivity index (χ2v) is 8.51. The number of anilines is 1. The van der Waals surface area contributed by atoms with Crippen LogP contribution in [-0.2, 0) is 10.5 Å². The summed E-state index contributed by atoms with van der Waals surface area (Å²) in [5, 5.41) is 11.8. The quantitative estimate of drug-likeness (QED) is 0.453. The molecule has 2 aromatic heterocycles. The Kier molecular flexibility index (Phi) is 7.90. The molecule has 3 aromatic rings. The molecule has 0 unspecified atom stereocenters. The molecule has 0 bridgehead atoms. The van der Waals surface area contributed by atoms with E-state index in [9.17, 15) is 4.79 Å². The minimum absolute atomic E-state index is 0.219. The number of methoxy groups -OCH3 is 3. The van der Waals surface area contributed by atoms with E-state index in [0.717, 1.165) is 15.0 Å². The zero-order chi connectivity index (χ0) is 22.2. The van der Waals surface area contributed by atoms with Gasteiger partial charge in [-0.25, -0.2) is 0 Å². The van der Waals surface area contributed by atoms with Gasteiger partial charge in [-0.05, 0) is 19.1 Å². The van der Waals surface area contributed by atoms with E-state index < -0.39 is 0 Å². The lowest BCUT2D eigenvalue weighted by Gasteiger charge is -2.13. The normalized spacial score (nSPS) is 10.5. The van der Waals surface area contributed by atoms with Crippen molar-refractivity contribution >= 4 is 34.7 Å². The Morgan fingerprint density at radius 3 is 2.55 bits per heavy atom. The van der Waals surface area contributed by atoms with Crippen molar-refractivity contribution in [1.82, 2.24) is 15.2 Å². The molecular formula is C20H22N4O5S2. The molecule has 31 heavy (non-hydrogen) atoms. The fraction of sp³-hybridized carbons (Fsp3) is 0.300. The van der Waals surface area contributed by atoms with Crippen LogP contribution >= 0.6 is 23.1 Å². The van der Waals surface area contributed by atoms with Crippen LogP contribution in [0, 0.1) is 6.92 Å². The Balaban J connectivity index is 1.64. The molecule has 164 valence electrons. The first kappa shape index (κ1) is 22.6. The molecule has 1 aromatic carbocycles. The van der Waals surface area contributed by atoms with E-state index in [-0.39, 0.29) is 12.5 Å². The number of aryl methyl sites for hydroxylation is 1. The van der Waals surface area contributed by atoms with Crippen LogP contribution in [0.25, 0.3) is 0 Å². The van der Waals surface area contributed by atoms with E-state index in [0.29, 0.717) is 34.4 Å². The molecule has 3 rings (SSSR count). The van der Waals surface area contributed by atoms with Crippen LogP contribution < -0.4 is 24.3 Å². The number of hydrogen-bond acceptors (Lipinski definition) is 10. The van der Waals surface area contributed by atoms with Crippen LogP contribution in [-0.4, -0.2) is 49.0 Å². The number of amides is 1. The minimum atomic E-state index is -0.356. The number of pyridine rings is 1. The summed E-state index contributed by atoms with van der Waals surface area (Å²) >= 11 is 3.06. The highest BCUT2D eigenvalue weighted by atomic mass is 32.2. The Labute approximate surface area is 188 Å². The standard InChI is InChI=1S/C20H22N4O5S2/c1-12-23-24-20(31-12)30-11-13-7-17(18(28-4)9-21-13)29-10-19(25)22-15-8-14(26-2)5-6-16(15)27-3/h5-9H,10-11H2,1-4H3,(H,22,25). The van der Waals surface area contributed by atoms with Gasteiger partial charge in [-0.3, -0.25) is 9.78 Å². The number of ether oxygens (including phenoxy) is 4. The second kappa shape index (κ2) is 10.8. The Hall–Kier alpha value is -3.05. The minimum Gasteiger partial charge on any atom is -0.497 e. The summed E-state index contributed by atoms with van der Waals surface area (Å²) in [6.45, 7) is 1.69. The average Bonchev–Trinajstić information content (AvgIpc) is 3.21. The SMILES string of the molecule is COc1ccc(OC)c(NC(=O)COc2cc(CSc3nnc(C)s3)ncc2OC)c1. The van der Waals surface area contributed by atoms with E-state index in [1.165, 1.54) is 37.3 Å². The van der Waals surface area contributed by atoms with Crippen molar-refractivity contribution in [3.63, 3.8) is 0 Å². The van der Waals surface area contributed by atoms with E-state index in [2.05, 4.69) is 20.5 Å². The van der Waals surface area contributed by atoms with Gasteiger partial charge in [0, 0.05) is 17.9 Å². The van der Waals surface area contributed by atoms with Crippen LogP contribution in [0.3, 0.4) is 0 Å². The van der Waals surface area contributed by atoms with Gasteiger partial charge in [0.05, 0.1) is 38.9 Å². The fourth-order valence-corrected chi connectivity index (χ4v) is 4.24. The van der Waals surface area contributed by atoms with Crippen molar-refractivity contribution in [2.45, 2.75) is 17.0 Å². The maximum Gasteiger partial charge on any atom is 0.262 e. The highest BCUT2D eigenvalue weighted by Gasteiger charge is 2.13. The maximum absolute atomic E-state index is 12.4. The summed E-state index contributed by atoms with van der Waals surface area (Å²) in [7, 11) is 4.59. The smallest absolute Gasteiger partial charge is 0.262 e. The third-order valence-electron chi connectivity index (χ3n) is 4.00. The number of benzene rings is 1. The molecule has 0 aliphatic heterocycles. The molecule has 1 amide bonds. The summed E-state index contributed by atoms with van der Waals surface area (Å²) < 4.78 is 22.3. The zero-order valence-corrected chi connectivity index (χ0v) is 19.1. The molecule has 2 heterocycles. The predicted molar refractivity (Wildman–Crippen MR) is 119 cm³/mol. The molecule has 0 aliphatic carbocycles. The van der Waals surface area contributed by atoms with Gasteiger partial charge in [0.2, 0.25) is 0 Å². The highest BCUT2D eigenvalue weighted by molar-refractivity contribution is 8.00. The van der Waals surface area contributed by atoms with E-state index in [4.69, 9.17) is 18.9 Å². The van der Waals surface area contributed by atoms with Gasteiger partial charge >= 0.3 is 0 Å². The molecule has 1 N–H and O–H groups in total. The molecule has 11 heteroatoms. The fourth-order valence-electron chi connectivity index (χ4n) is 2.52. The van der Waals surface area contributed by atoms with Gasteiger partial charge in [0.25, 0.3) is 5.91 Å². The first-order valence-corrected chi connectivity index (χ1v) is 10.9. The lowest BCUT2D eigenvalue weighted by atomic mass is 10.2. The molecule has 0 radical (unpaired) electrons. The predicted octanol–water partition coefficient (Wildman–Crippen LogP) is 3.58. The summed E-state index contributed by atoms with van der Waals surface area (Å²) in [6.07, 6.45) is 1.57. The van der Waals surface area contributed by atoms with Gasteiger partial charge in [-0.15, -0.1) is 10.2 Å². The topological polar surface area (TPSA) is 105 Å². The maximum atomic E-state index is 12.4. The Bertz CT molecular complexity index is 1040. The number of carbonyl (C=O) groups excluding carboxylic acids is 1. The molecule has 0 saturated carbocycles. The number of nitrogens with one attached hydrogen (secondary N) is 1. The van der Waals surface area contributed by atoms with Gasteiger partial charge in [0.1, 0.15) is 16.5 Å². The number of nitrogens with zero attached hydrogens (tertiary/aromatic N) is 3. The van der Waals surface area contributed by atoms with Gasteiger partial charge in [-0.2, -0.15) is 0 Å². The molecular weight excluding hydrogens is 440 g/mol. The van der Waals surface area contributed by atoms with Crippen molar-refractivity contribution in [2.75, 3.05) is 33.3 Å². The number of thioether (sulfide) groups is 1. The summed E-state index contributed by atoms with van der Waals surface area (Å²) in [5.74, 6) is 2.21. The highest BCUT2D eigenvalue weighted by Crippen LogP contribution is 2.31. The lowest BCUT2D eigenvalue weighted by Crippen LogP contribution is -2.20. The Morgan fingerprint density at radius 1 is 1.06 bits per heavy atom. The van der Waals surface area contributed by atoms with Gasteiger partial charge in [-0.1, -0.05) is 23.1 Å². The van der Waals surface area contributed by atoms with Crippen LogP contribution in [0.15, 0.2) is 34.8 Å². The van der Waals surface area contributed by atoms with E-state index in [1.807, 2.05) is 6.92 Å². The van der Waals surface area contributed by atoms with Crippen molar-refractivity contribution < 1.29 is 23.7 Å². The van der Waals surface area contributed by atoms with Crippen LogP contribution in [0.4, 0.5) is 5.69 Å².